The maximum atomic E-state index is 11.8. The van der Waals surface area contributed by atoms with Crippen LogP contribution in [0, 0.1) is 0 Å². The van der Waals surface area contributed by atoms with Crippen LogP contribution in [-0.4, -0.2) is 40.4 Å². The van der Waals surface area contributed by atoms with Gasteiger partial charge in [-0.05, 0) is 23.8 Å². The molecule has 0 N–H and O–H groups in total. The summed E-state index contributed by atoms with van der Waals surface area (Å²) in [6.07, 6.45) is 16.0. The summed E-state index contributed by atoms with van der Waals surface area (Å²) in [5.41, 5.74) is 1.53. The molecule has 3 aliphatic heterocycles. The Hall–Kier alpha value is -4.27. The van der Waals surface area contributed by atoms with E-state index < -0.39 is 5.97 Å². The molecule has 9 nitrogen and oxygen atoms in total. The van der Waals surface area contributed by atoms with Crippen molar-refractivity contribution in [3.8, 4) is 11.5 Å². The first-order valence-corrected chi connectivity index (χ1v) is 9.10. The molecule has 0 radical (unpaired) electrons. The molecule has 4 heterocycles. The molecule has 0 saturated carbocycles. The van der Waals surface area contributed by atoms with Crippen LogP contribution in [0.25, 0.3) is 18.4 Å². The van der Waals surface area contributed by atoms with Crippen molar-refractivity contribution in [2.75, 3.05) is 13.3 Å². The lowest BCUT2D eigenvalue weighted by Gasteiger charge is -2.17. The summed E-state index contributed by atoms with van der Waals surface area (Å²) < 4.78 is 16.3. The molecule has 148 valence electrons. The second kappa shape index (κ2) is 7.63. The van der Waals surface area contributed by atoms with Crippen molar-refractivity contribution < 1.29 is 19.0 Å². The number of nitrogens with zero attached hydrogens (tertiary/aromatic N) is 5. The minimum absolute atomic E-state index is 0.125. The van der Waals surface area contributed by atoms with Crippen molar-refractivity contribution in [2.24, 2.45) is 9.98 Å². The van der Waals surface area contributed by atoms with E-state index in [0.29, 0.717) is 34.8 Å². The summed E-state index contributed by atoms with van der Waals surface area (Å²) in [4.78, 5) is 30.9. The zero-order chi connectivity index (χ0) is 20.3. The molecule has 0 spiro atoms. The van der Waals surface area contributed by atoms with E-state index >= 15 is 0 Å². The molecule has 0 fully saturated rings. The topological polar surface area (TPSA) is 98.5 Å². The summed E-state index contributed by atoms with van der Waals surface area (Å²) in [6.45, 7) is 0.627. The first kappa shape index (κ1) is 17.8. The van der Waals surface area contributed by atoms with Crippen molar-refractivity contribution >= 4 is 36.4 Å². The summed E-state index contributed by atoms with van der Waals surface area (Å²) in [6, 6.07) is 1.93. The van der Waals surface area contributed by atoms with Crippen LogP contribution in [0.15, 0.2) is 53.3 Å². The van der Waals surface area contributed by atoms with Crippen LogP contribution in [0.1, 0.15) is 11.1 Å². The average Bonchev–Trinajstić information content (AvgIpc) is 3.22. The summed E-state index contributed by atoms with van der Waals surface area (Å²) in [5, 5.41) is 1.47. The predicted octanol–water partition coefficient (Wildman–Crippen LogP) is 1.29. The van der Waals surface area contributed by atoms with Crippen molar-refractivity contribution in [3.63, 3.8) is 0 Å². The third-order valence-electron chi connectivity index (χ3n) is 4.51. The van der Waals surface area contributed by atoms with Crippen LogP contribution >= 0.6 is 0 Å². The van der Waals surface area contributed by atoms with E-state index in [2.05, 4.69) is 15.0 Å². The Bertz CT molecular complexity index is 1260. The van der Waals surface area contributed by atoms with Gasteiger partial charge in [-0.3, -0.25) is 4.99 Å². The Balaban J connectivity index is 1.76. The predicted molar refractivity (Wildman–Crippen MR) is 108 cm³/mol. The number of aromatic nitrogens is 2. The highest BCUT2D eigenvalue weighted by molar-refractivity contribution is 5.83. The lowest BCUT2D eigenvalue weighted by atomic mass is 10.1. The van der Waals surface area contributed by atoms with Crippen LogP contribution in [0.3, 0.4) is 0 Å². The summed E-state index contributed by atoms with van der Waals surface area (Å²) in [7, 11) is 0. The zero-order valence-corrected chi connectivity index (χ0v) is 15.6. The number of benzene rings is 1. The molecule has 0 unspecified atom stereocenters. The molecule has 0 atom stereocenters. The fraction of sp³-hybridized carbons (Fsp3) is 0.0952. The van der Waals surface area contributed by atoms with Gasteiger partial charge in [0.15, 0.2) is 17.3 Å². The Morgan fingerprint density at radius 1 is 1.10 bits per heavy atom. The van der Waals surface area contributed by atoms with Crippen LogP contribution in [0.4, 0.5) is 5.82 Å². The van der Waals surface area contributed by atoms with Crippen molar-refractivity contribution in [3.05, 3.63) is 65.0 Å². The largest absolute Gasteiger partial charge is 0.453 e. The molecule has 30 heavy (non-hydrogen) atoms. The molecule has 0 saturated heterocycles. The second-order valence-corrected chi connectivity index (χ2v) is 6.40. The molecule has 1 aromatic heterocycles. The molecule has 1 aromatic carbocycles. The van der Waals surface area contributed by atoms with Gasteiger partial charge in [-0.2, -0.15) is 0 Å². The highest BCUT2D eigenvalue weighted by atomic mass is 16.7. The van der Waals surface area contributed by atoms with Crippen LogP contribution in [0.2, 0.25) is 0 Å². The van der Waals surface area contributed by atoms with Crippen LogP contribution in [-0.2, 0) is 9.53 Å². The van der Waals surface area contributed by atoms with Crippen LogP contribution in [0.5, 0.6) is 11.5 Å². The number of hydrogen-bond acceptors (Lipinski definition) is 9. The molecule has 0 aliphatic carbocycles. The number of cyclic esters (lactones) is 1. The van der Waals surface area contributed by atoms with Gasteiger partial charge < -0.3 is 19.1 Å². The first-order chi connectivity index (χ1) is 14.8. The lowest BCUT2D eigenvalue weighted by Crippen LogP contribution is -2.34. The van der Waals surface area contributed by atoms with Gasteiger partial charge >= 0.3 is 5.97 Å². The average molecular weight is 401 g/mol. The highest BCUT2D eigenvalue weighted by Gasteiger charge is 2.20. The molecule has 5 rings (SSSR count). The maximum absolute atomic E-state index is 11.8. The van der Waals surface area contributed by atoms with E-state index in [9.17, 15) is 4.79 Å². The van der Waals surface area contributed by atoms with E-state index in [1.807, 2.05) is 29.4 Å². The Morgan fingerprint density at radius 2 is 2.07 bits per heavy atom. The van der Waals surface area contributed by atoms with E-state index in [1.165, 1.54) is 24.9 Å². The minimum Gasteiger partial charge on any atom is -0.453 e. The maximum Gasteiger partial charge on any atom is 0.337 e. The van der Waals surface area contributed by atoms with Gasteiger partial charge in [-0.15, -0.1) is 0 Å². The van der Waals surface area contributed by atoms with Gasteiger partial charge in [0.2, 0.25) is 6.79 Å². The molecular weight excluding hydrogens is 386 g/mol. The van der Waals surface area contributed by atoms with Gasteiger partial charge in [-0.25, -0.2) is 19.8 Å². The number of rotatable bonds is 0. The van der Waals surface area contributed by atoms with Gasteiger partial charge in [0, 0.05) is 47.9 Å². The molecular formula is C21H15N5O4. The fourth-order valence-electron chi connectivity index (χ4n) is 3.11. The Kier molecular flexibility index (Phi) is 4.53. The van der Waals surface area contributed by atoms with E-state index in [1.54, 1.807) is 18.5 Å². The van der Waals surface area contributed by atoms with Crippen molar-refractivity contribution in [2.45, 2.75) is 0 Å². The molecule has 0 amide bonds. The number of aliphatic imine (C=N–C) groups is 1. The SMILES string of the molecule is O=C1/C=C/N=CCN2C=Cc3cc4c(c(c3=C2)=Nc2ncncc2/C=C/O1)OCO4. The van der Waals surface area contributed by atoms with Gasteiger partial charge in [-0.1, -0.05) is 0 Å². The van der Waals surface area contributed by atoms with Crippen LogP contribution < -0.4 is 20.0 Å². The summed E-state index contributed by atoms with van der Waals surface area (Å²) >= 11 is 0. The first-order valence-electron chi connectivity index (χ1n) is 9.10. The number of fused-ring (bicyclic) bond motifs is 4. The quantitative estimate of drug-likeness (QED) is 0.614. The van der Waals surface area contributed by atoms with Crippen molar-refractivity contribution in [1.82, 2.24) is 14.9 Å². The molecule has 2 bridgehead atoms. The zero-order valence-electron chi connectivity index (χ0n) is 15.6. The number of hydrogen-bond donors (Lipinski definition) is 0. The Morgan fingerprint density at radius 3 is 3.03 bits per heavy atom. The normalized spacial score (nSPS) is 18.7. The number of carbonyl (C=O) groups excluding carboxylic acids is 1. The second-order valence-electron chi connectivity index (χ2n) is 6.40. The third-order valence-corrected chi connectivity index (χ3v) is 4.51. The van der Waals surface area contributed by atoms with E-state index in [-0.39, 0.29) is 6.79 Å². The number of ether oxygens (including phenoxy) is 3. The fourth-order valence-corrected chi connectivity index (χ4v) is 3.11. The van der Waals surface area contributed by atoms with E-state index in [0.717, 1.165) is 10.8 Å². The Labute approximate surface area is 170 Å². The lowest BCUT2D eigenvalue weighted by molar-refractivity contribution is -0.132. The standard InChI is InChI=1S/C21H15N5O4/c27-18-1-4-22-5-7-26-6-2-14-9-17-20(30-13-29-17)19(16(14)11-26)25-21-15(3-8-28-18)10-23-12-24-21/h1-6,8-12H,7,13H2/b4-1+,8-3+,22-5?,25-19?. The summed E-state index contributed by atoms with van der Waals surface area (Å²) in [5.74, 6) is 1.04. The van der Waals surface area contributed by atoms with Gasteiger partial charge in [0.1, 0.15) is 11.7 Å². The molecule has 2 aromatic rings. The monoisotopic (exact) mass is 401 g/mol. The van der Waals surface area contributed by atoms with Gasteiger partial charge in [0.25, 0.3) is 0 Å². The number of esters is 1. The minimum atomic E-state index is -0.548. The highest BCUT2D eigenvalue weighted by Crippen LogP contribution is 2.29. The van der Waals surface area contributed by atoms with Gasteiger partial charge in [0.05, 0.1) is 12.8 Å². The number of carbonyl (C=O) groups is 1. The third kappa shape index (κ3) is 3.44. The molecule has 3 aliphatic rings. The van der Waals surface area contributed by atoms with E-state index in [4.69, 9.17) is 19.2 Å². The van der Waals surface area contributed by atoms with Crippen molar-refractivity contribution in [1.29, 1.82) is 0 Å². The smallest absolute Gasteiger partial charge is 0.337 e. The molecule has 9 heteroatoms.